The highest BCUT2D eigenvalue weighted by Gasteiger charge is 2.33. The minimum atomic E-state index is -3.69. The zero-order valence-corrected chi connectivity index (χ0v) is 14.8. The Morgan fingerprint density at radius 3 is 2.68 bits per heavy atom. The molecule has 1 aliphatic carbocycles. The van der Waals surface area contributed by atoms with Gasteiger partial charge in [0.15, 0.2) is 11.5 Å². The van der Waals surface area contributed by atoms with Crippen LogP contribution in [0, 0.1) is 5.92 Å². The van der Waals surface area contributed by atoms with Crippen molar-refractivity contribution in [3.05, 3.63) is 18.2 Å². The van der Waals surface area contributed by atoms with Gasteiger partial charge in [-0.3, -0.25) is 0 Å². The summed E-state index contributed by atoms with van der Waals surface area (Å²) in [6.45, 7) is 2.50. The van der Waals surface area contributed by atoms with E-state index in [2.05, 4.69) is 4.72 Å². The summed E-state index contributed by atoms with van der Waals surface area (Å²) in [5.41, 5.74) is 0. The zero-order chi connectivity index (χ0) is 17.3. The third-order valence-corrected chi connectivity index (χ3v) is 6.15. The van der Waals surface area contributed by atoms with Crippen LogP contribution < -0.4 is 14.2 Å². The molecule has 0 bridgehead atoms. The van der Waals surface area contributed by atoms with E-state index in [0.29, 0.717) is 56.9 Å². The van der Waals surface area contributed by atoms with Gasteiger partial charge in [0.05, 0.1) is 23.6 Å². The van der Waals surface area contributed by atoms with Crippen LogP contribution in [0.4, 0.5) is 0 Å². The van der Waals surface area contributed by atoms with Crippen molar-refractivity contribution >= 4 is 10.0 Å². The molecule has 0 radical (unpaired) electrons. The monoisotopic (exact) mass is 369 g/mol. The summed E-state index contributed by atoms with van der Waals surface area (Å²) in [5.74, 6) is 1.66. The van der Waals surface area contributed by atoms with Gasteiger partial charge in [0, 0.05) is 19.3 Å². The third-order valence-electron chi connectivity index (χ3n) is 4.67. The number of ether oxygens (including phenoxy) is 4. The molecule has 1 saturated carbocycles. The molecule has 25 heavy (non-hydrogen) atoms. The first-order valence-electron chi connectivity index (χ1n) is 8.73. The van der Waals surface area contributed by atoms with Crippen molar-refractivity contribution in [1.29, 1.82) is 0 Å². The Hall–Kier alpha value is -1.35. The van der Waals surface area contributed by atoms with Gasteiger partial charge >= 0.3 is 0 Å². The Morgan fingerprint density at radius 2 is 1.88 bits per heavy atom. The summed E-state index contributed by atoms with van der Waals surface area (Å²) >= 11 is 0. The quantitative estimate of drug-likeness (QED) is 0.814. The van der Waals surface area contributed by atoms with Crippen molar-refractivity contribution in [3.63, 3.8) is 0 Å². The van der Waals surface area contributed by atoms with E-state index in [1.807, 2.05) is 0 Å². The average molecular weight is 369 g/mol. The minimum absolute atomic E-state index is 0.152. The largest absolute Gasteiger partial charge is 0.486 e. The molecule has 2 atom stereocenters. The fraction of sp³-hybridized carbons (Fsp3) is 0.647. The molecule has 0 unspecified atom stereocenters. The molecule has 2 aliphatic heterocycles. The molecule has 2 heterocycles. The smallest absolute Gasteiger partial charge is 0.241 e. The fourth-order valence-corrected chi connectivity index (χ4v) is 4.29. The van der Waals surface area contributed by atoms with Crippen molar-refractivity contribution in [2.24, 2.45) is 5.92 Å². The maximum absolute atomic E-state index is 12.8. The topological polar surface area (TPSA) is 83.1 Å². The maximum atomic E-state index is 12.8. The lowest BCUT2D eigenvalue weighted by molar-refractivity contribution is -0.0533. The highest BCUT2D eigenvalue weighted by atomic mass is 32.2. The van der Waals surface area contributed by atoms with Crippen LogP contribution >= 0.6 is 0 Å². The van der Waals surface area contributed by atoms with E-state index in [9.17, 15) is 8.42 Å². The third kappa shape index (κ3) is 4.08. The zero-order valence-electron chi connectivity index (χ0n) is 14.0. The van der Waals surface area contributed by atoms with Crippen molar-refractivity contribution in [1.82, 2.24) is 4.72 Å². The van der Waals surface area contributed by atoms with Crippen LogP contribution in [-0.4, -0.2) is 53.6 Å². The van der Waals surface area contributed by atoms with Crippen LogP contribution in [0.5, 0.6) is 11.5 Å². The van der Waals surface area contributed by atoms with Gasteiger partial charge < -0.3 is 18.9 Å². The molecule has 1 aromatic carbocycles. The van der Waals surface area contributed by atoms with Crippen molar-refractivity contribution in [3.8, 4) is 11.5 Å². The van der Waals surface area contributed by atoms with Crippen LogP contribution in [-0.2, 0) is 19.5 Å². The predicted octanol–water partition coefficient (Wildman–Crippen LogP) is 1.32. The van der Waals surface area contributed by atoms with Crippen LogP contribution in [0.1, 0.15) is 19.3 Å². The van der Waals surface area contributed by atoms with Crippen LogP contribution in [0.15, 0.2) is 23.1 Å². The lowest BCUT2D eigenvalue weighted by Crippen LogP contribution is -2.50. The van der Waals surface area contributed by atoms with E-state index in [0.717, 1.165) is 0 Å². The Bertz CT molecular complexity index is 718. The standard InChI is InChI=1S/C17H23NO6S/c19-25(20,13-3-4-16-17(9-13)23-8-7-22-16)18-14-11-21-6-5-15(14)24-10-12-1-2-12/h3-4,9,12,14-15,18H,1-2,5-8,10-11H2/t14-,15+/m1/s1. The molecule has 1 N–H and O–H groups in total. The molecule has 1 aromatic rings. The van der Waals surface area contributed by atoms with Gasteiger partial charge in [-0.2, -0.15) is 0 Å². The first kappa shape index (κ1) is 17.1. The van der Waals surface area contributed by atoms with E-state index in [-0.39, 0.29) is 17.0 Å². The Morgan fingerprint density at radius 1 is 1.08 bits per heavy atom. The molecule has 0 amide bonds. The number of rotatable bonds is 6. The second-order valence-electron chi connectivity index (χ2n) is 6.71. The predicted molar refractivity (Wildman–Crippen MR) is 89.4 cm³/mol. The van der Waals surface area contributed by atoms with Gasteiger partial charge in [0.1, 0.15) is 13.2 Å². The van der Waals surface area contributed by atoms with E-state index in [1.54, 1.807) is 6.07 Å². The SMILES string of the molecule is O=S(=O)(N[C@@H]1COCC[C@@H]1OCC1CC1)c1ccc2c(c1)OCCO2. The Labute approximate surface area is 147 Å². The molecular weight excluding hydrogens is 346 g/mol. The van der Waals surface area contributed by atoms with Crippen LogP contribution in [0.2, 0.25) is 0 Å². The highest BCUT2D eigenvalue weighted by molar-refractivity contribution is 7.89. The molecular formula is C17H23NO6S. The molecule has 1 saturated heterocycles. The second kappa shape index (κ2) is 7.11. The van der Waals surface area contributed by atoms with Crippen molar-refractivity contribution in [2.45, 2.75) is 36.3 Å². The summed E-state index contributed by atoms with van der Waals surface area (Å²) in [7, 11) is -3.69. The first-order chi connectivity index (χ1) is 12.1. The summed E-state index contributed by atoms with van der Waals surface area (Å²) in [6, 6.07) is 4.27. The first-order valence-corrected chi connectivity index (χ1v) is 10.2. The van der Waals surface area contributed by atoms with Gasteiger partial charge in [0.2, 0.25) is 10.0 Å². The normalized spacial score (nSPS) is 26.4. The average Bonchev–Trinajstić information content (AvgIpc) is 3.45. The molecule has 3 aliphatic rings. The van der Waals surface area contributed by atoms with Crippen molar-refractivity contribution in [2.75, 3.05) is 33.0 Å². The van der Waals surface area contributed by atoms with Gasteiger partial charge in [-0.05, 0) is 37.3 Å². The van der Waals surface area contributed by atoms with Crippen LogP contribution in [0.25, 0.3) is 0 Å². The molecule has 4 rings (SSSR count). The molecule has 0 aromatic heterocycles. The van der Waals surface area contributed by atoms with Crippen molar-refractivity contribution < 1.29 is 27.4 Å². The fourth-order valence-electron chi connectivity index (χ4n) is 3.03. The number of nitrogens with one attached hydrogen (secondary N) is 1. The van der Waals surface area contributed by atoms with Gasteiger partial charge in [-0.15, -0.1) is 0 Å². The van der Waals surface area contributed by atoms with Gasteiger partial charge in [0.25, 0.3) is 0 Å². The number of benzene rings is 1. The molecule has 138 valence electrons. The summed E-state index contributed by atoms with van der Waals surface area (Å²) in [4.78, 5) is 0.156. The Kier molecular flexibility index (Phi) is 4.86. The van der Waals surface area contributed by atoms with Gasteiger partial charge in [-0.1, -0.05) is 0 Å². The number of fused-ring (bicyclic) bond motifs is 1. The van der Waals surface area contributed by atoms with E-state index in [4.69, 9.17) is 18.9 Å². The summed E-state index contributed by atoms with van der Waals surface area (Å²) < 4.78 is 50.6. The molecule has 2 fully saturated rings. The molecule has 7 nitrogen and oxygen atoms in total. The minimum Gasteiger partial charge on any atom is -0.486 e. The lowest BCUT2D eigenvalue weighted by Gasteiger charge is -2.32. The number of hydrogen-bond donors (Lipinski definition) is 1. The Balaban J connectivity index is 1.47. The summed E-state index contributed by atoms with van der Waals surface area (Å²) in [5, 5.41) is 0. The van der Waals surface area contributed by atoms with Crippen LogP contribution in [0.3, 0.4) is 0 Å². The maximum Gasteiger partial charge on any atom is 0.241 e. The lowest BCUT2D eigenvalue weighted by atomic mass is 10.1. The van der Waals surface area contributed by atoms with E-state index >= 15 is 0 Å². The number of hydrogen-bond acceptors (Lipinski definition) is 6. The molecule has 8 heteroatoms. The summed E-state index contributed by atoms with van der Waals surface area (Å²) in [6.07, 6.45) is 2.95. The number of sulfonamides is 1. The highest BCUT2D eigenvalue weighted by Crippen LogP contribution is 2.33. The van der Waals surface area contributed by atoms with E-state index in [1.165, 1.54) is 25.0 Å². The molecule has 0 spiro atoms. The van der Waals surface area contributed by atoms with E-state index < -0.39 is 10.0 Å². The van der Waals surface area contributed by atoms with Gasteiger partial charge in [-0.25, -0.2) is 13.1 Å². The second-order valence-corrected chi connectivity index (χ2v) is 8.43.